The van der Waals surface area contributed by atoms with Gasteiger partial charge in [0, 0.05) is 36.1 Å². The molecule has 0 atom stereocenters. The van der Waals surface area contributed by atoms with Crippen molar-refractivity contribution in [2.75, 3.05) is 16.0 Å². The Hall–Kier alpha value is -3.12. The zero-order valence-electron chi connectivity index (χ0n) is 14.2. The molecule has 1 heterocycles. The highest BCUT2D eigenvalue weighted by Crippen LogP contribution is 2.19. The molecule has 0 bridgehead atoms. The minimum atomic E-state index is -0.101. The summed E-state index contributed by atoms with van der Waals surface area (Å²) >= 11 is 6.15. The summed E-state index contributed by atoms with van der Waals surface area (Å²) in [4.78, 5) is 19.7. The van der Waals surface area contributed by atoms with E-state index in [2.05, 4.69) is 25.9 Å². The number of carbonyl (C=O) groups excluding carboxylic acids is 1. The second-order valence-corrected chi connectivity index (χ2v) is 6.00. The Bertz CT molecular complexity index is 898. The summed E-state index contributed by atoms with van der Waals surface area (Å²) in [6.07, 6.45) is 1.68. The first-order valence-electron chi connectivity index (χ1n) is 8.05. The lowest BCUT2D eigenvalue weighted by Gasteiger charge is -2.10. The lowest BCUT2D eigenvalue weighted by molar-refractivity contribution is -0.114. The topological polar surface area (TPSA) is 78.9 Å². The molecule has 6 nitrogen and oxygen atoms in total. The van der Waals surface area contributed by atoms with Gasteiger partial charge in [0.1, 0.15) is 5.82 Å². The average Bonchev–Trinajstić information content (AvgIpc) is 2.63. The van der Waals surface area contributed by atoms with Crippen LogP contribution < -0.4 is 16.0 Å². The Morgan fingerprint density at radius 2 is 1.77 bits per heavy atom. The normalized spacial score (nSPS) is 10.2. The second-order valence-electron chi connectivity index (χ2n) is 5.59. The first-order chi connectivity index (χ1) is 12.6. The van der Waals surface area contributed by atoms with Gasteiger partial charge in [-0.05, 0) is 42.0 Å². The van der Waals surface area contributed by atoms with Crippen LogP contribution in [0.1, 0.15) is 12.5 Å². The van der Waals surface area contributed by atoms with E-state index in [-0.39, 0.29) is 5.91 Å². The van der Waals surface area contributed by atoms with Crippen molar-refractivity contribution in [2.24, 2.45) is 0 Å². The molecule has 0 unspecified atom stereocenters. The van der Waals surface area contributed by atoms with Crippen molar-refractivity contribution < 1.29 is 4.79 Å². The van der Waals surface area contributed by atoms with E-state index < -0.39 is 0 Å². The summed E-state index contributed by atoms with van der Waals surface area (Å²) in [5.41, 5.74) is 2.58. The maximum atomic E-state index is 11.1. The number of nitrogens with zero attached hydrogens (tertiary/aromatic N) is 2. The molecule has 3 rings (SSSR count). The largest absolute Gasteiger partial charge is 0.350 e. The molecule has 1 aromatic heterocycles. The Morgan fingerprint density at radius 1 is 1.04 bits per heavy atom. The lowest BCUT2D eigenvalue weighted by atomic mass is 10.2. The Morgan fingerprint density at radius 3 is 2.50 bits per heavy atom. The summed E-state index contributed by atoms with van der Waals surface area (Å²) in [7, 11) is 0. The Balaban J connectivity index is 1.63. The number of hydrogen-bond donors (Lipinski definition) is 3. The van der Waals surface area contributed by atoms with Gasteiger partial charge in [0.05, 0.1) is 0 Å². The fourth-order valence-corrected chi connectivity index (χ4v) is 2.52. The van der Waals surface area contributed by atoms with E-state index >= 15 is 0 Å². The summed E-state index contributed by atoms with van der Waals surface area (Å²) in [5, 5.41) is 9.80. The van der Waals surface area contributed by atoms with Gasteiger partial charge < -0.3 is 16.0 Å². The minimum absolute atomic E-state index is 0.101. The van der Waals surface area contributed by atoms with Crippen LogP contribution in [0.5, 0.6) is 0 Å². The number of carbonyl (C=O) groups is 1. The maximum absolute atomic E-state index is 11.1. The summed E-state index contributed by atoms with van der Waals surface area (Å²) in [5.74, 6) is 1.06. The van der Waals surface area contributed by atoms with Gasteiger partial charge >= 0.3 is 0 Å². The quantitative estimate of drug-likeness (QED) is 0.600. The molecule has 0 aliphatic heterocycles. The van der Waals surface area contributed by atoms with Crippen LogP contribution in [0.4, 0.5) is 23.1 Å². The third-order valence-electron chi connectivity index (χ3n) is 3.53. The summed E-state index contributed by atoms with van der Waals surface area (Å²) in [6.45, 7) is 2.01. The molecule has 26 heavy (non-hydrogen) atoms. The predicted molar refractivity (Wildman–Crippen MR) is 105 cm³/mol. The fraction of sp³-hybridized carbons (Fsp3) is 0.105. The third-order valence-corrected chi connectivity index (χ3v) is 3.90. The van der Waals surface area contributed by atoms with E-state index in [0.717, 1.165) is 16.9 Å². The SMILES string of the molecule is CC(=O)Nc1ccc(Nc2ccnc(NCc3ccccc3Cl)n2)cc1. The highest BCUT2D eigenvalue weighted by atomic mass is 35.5. The van der Waals surface area contributed by atoms with Gasteiger partial charge in [-0.3, -0.25) is 4.79 Å². The highest BCUT2D eigenvalue weighted by Gasteiger charge is 2.03. The van der Waals surface area contributed by atoms with Crippen LogP contribution in [0.25, 0.3) is 0 Å². The number of nitrogens with one attached hydrogen (secondary N) is 3. The van der Waals surface area contributed by atoms with Crippen LogP contribution >= 0.6 is 11.6 Å². The van der Waals surface area contributed by atoms with Crippen LogP contribution in [0.2, 0.25) is 5.02 Å². The number of rotatable bonds is 6. The van der Waals surface area contributed by atoms with E-state index in [1.54, 1.807) is 12.3 Å². The minimum Gasteiger partial charge on any atom is -0.350 e. The van der Waals surface area contributed by atoms with Crippen molar-refractivity contribution in [3.05, 3.63) is 71.4 Å². The highest BCUT2D eigenvalue weighted by molar-refractivity contribution is 6.31. The van der Waals surface area contributed by atoms with Crippen LogP contribution in [-0.4, -0.2) is 15.9 Å². The molecule has 0 saturated heterocycles. The lowest BCUT2D eigenvalue weighted by Crippen LogP contribution is -2.06. The number of amides is 1. The molecular weight excluding hydrogens is 350 g/mol. The smallest absolute Gasteiger partial charge is 0.224 e. The molecule has 1 amide bonds. The zero-order chi connectivity index (χ0) is 18.4. The molecule has 3 N–H and O–H groups in total. The van der Waals surface area contributed by atoms with Gasteiger partial charge in [0.15, 0.2) is 0 Å². The molecule has 3 aromatic rings. The molecule has 0 spiro atoms. The molecule has 0 radical (unpaired) electrons. The van der Waals surface area contributed by atoms with Crippen molar-refractivity contribution in [1.82, 2.24) is 9.97 Å². The van der Waals surface area contributed by atoms with E-state index in [9.17, 15) is 4.79 Å². The van der Waals surface area contributed by atoms with Crippen molar-refractivity contribution in [1.29, 1.82) is 0 Å². The van der Waals surface area contributed by atoms with E-state index in [1.807, 2.05) is 48.5 Å². The van der Waals surface area contributed by atoms with Gasteiger partial charge in [-0.2, -0.15) is 4.98 Å². The standard InChI is InChI=1S/C19H18ClN5O/c1-13(26)23-15-6-8-16(9-7-15)24-18-10-11-21-19(25-18)22-12-14-4-2-3-5-17(14)20/h2-11H,12H2,1H3,(H,23,26)(H2,21,22,24,25). The third kappa shape index (κ3) is 4.94. The van der Waals surface area contributed by atoms with Gasteiger partial charge in [-0.15, -0.1) is 0 Å². The summed E-state index contributed by atoms with van der Waals surface area (Å²) < 4.78 is 0. The second kappa shape index (κ2) is 8.31. The number of hydrogen-bond acceptors (Lipinski definition) is 5. The number of anilines is 4. The van der Waals surface area contributed by atoms with Crippen molar-refractivity contribution in [3.8, 4) is 0 Å². The Labute approximate surface area is 156 Å². The van der Waals surface area contributed by atoms with E-state index in [4.69, 9.17) is 11.6 Å². The van der Waals surface area contributed by atoms with Crippen molar-refractivity contribution >= 4 is 40.6 Å². The number of halogens is 1. The summed E-state index contributed by atoms with van der Waals surface area (Å²) in [6, 6.07) is 16.8. The van der Waals surface area contributed by atoms with E-state index in [0.29, 0.717) is 23.3 Å². The molecule has 0 saturated carbocycles. The average molecular weight is 368 g/mol. The molecule has 132 valence electrons. The molecule has 0 fully saturated rings. The monoisotopic (exact) mass is 367 g/mol. The van der Waals surface area contributed by atoms with Crippen LogP contribution in [-0.2, 0) is 11.3 Å². The Kier molecular flexibility index (Phi) is 5.66. The number of aromatic nitrogens is 2. The molecule has 0 aliphatic rings. The van der Waals surface area contributed by atoms with Crippen LogP contribution in [0.15, 0.2) is 60.8 Å². The van der Waals surface area contributed by atoms with Gasteiger partial charge in [0.2, 0.25) is 11.9 Å². The molecule has 7 heteroatoms. The first-order valence-corrected chi connectivity index (χ1v) is 8.43. The predicted octanol–water partition coefficient (Wildman–Crippen LogP) is 4.44. The van der Waals surface area contributed by atoms with Crippen LogP contribution in [0.3, 0.4) is 0 Å². The van der Waals surface area contributed by atoms with Gasteiger partial charge in [-0.1, -0.05) is 29.8 Å². The fourth-order valence-electron chi connectivity index (χ4n) is 2.32. The van der Waals surface area contributed by atoms with E-state index in [1.165, 1.54) is 6.92 Å². The molecular formula is C19H18ClN5O. The van der Waals surface area contributed by atoms with Gasteiger partial charge in [-0.25, -0.2) is 4.98 Å². The zero-order valence-corrected chi connectivity index (χ0v) is 14.9. The van der Waals surface area contributed by atoms with Crippen LogP contribution in [0, 0.1) is 0 Å². The number of benzene rings is 2. The molecule has 2 aromatic carbocycles. The first kappa shape index (κ1) is 17.7. The molecule has 0 aliphatic carbocycles. The van der Waals surface area contributed by atoms with Crippen molar-refractivity contribution in [3.63, 3.8) is 0 Å². The van der Waals surface area contributed by atoms with Crippen molar-refractivity contribution in [2.45, 2.75) is 13.5 Å². The van der Waals surface area contributed by atoms with Gasteiger partial charge in [0.25, 0.3) is 0 Å². The maximum Gasteiger partial charge on any atom is 0.224 e.